The van der Waals surface area contributed by atoms with E-state index in [1.54, 1.807) is 4.90 Å². The fraction of sp³-hybridized carbons (Fsp3) is 0.467. The molecular formula is C15H17ClN2O3S. The summed E-state index contributed by atoms with van der Waals surface area (Å²) in [5.74, 6) is 1.92. The van der Waals surface area contributed by atoms with Crippen molar-refractivity contribution in [2.45, 2.75) is 32.7 Å². The van der Waals surface area contributed by atoms with E-state index in [4.69, 9.17) is 16.0 Å². The number of aryl methyl sites for hydroxylation is 1. The molecule has 0 saturated carbocycles. The van der Waals surface area contributed by atoms with Gasteiger partial charge in [0.2, 0.25) is 0 Å². The van der Waals surface area contributed by atoms with Crippen LogP contribution >= 0.6 is 23.1 Å². The zero-order chi connectivity index (χ0) is 15.9. The number of nitrogens with zero attached hydrogens (tertiary/aromatic N) is 1. The highest BCUT2D eigenvalue weighted by Gasteiger charge is 2.35. The first-order valence-electron chi connectivity index (χ1n) is 7.21. The molecule has 118 valence electrons. The Morgan fingerprint density at radius 3 is 2.86 bits per heavy atom. The van der Waals surface area contributed by atoms with Gasteiger partial charge in [0.25, 0.3) is 11.5 Å². The van der Waals surface area contributed by atoms with E-state index >= 15 is 0 Å². The Kier molecular flexibility index (Phi) is 4.14. The second kappa shape index (κ2) is 5.93. The quantitative estimate of drug-likeness (QED) is 0.908. The van der Waals surface area contributed by atoms with Gasteiger partial charge in [-0.15, -0.1) is 0 Å². The van der Waals surface area contributed by atoms with E-state index in [1.807, 2.05) is 19.1 Å². The van der Waals surface area contributed by atoms with E-state index in [-0.39, 0.29) is 21.8 Å². The number of aromatic amines is 1. The lowest BCUT2D eigenvalue weighted by Gasteiger charge is -2.37. The topological polar surface area (TPSA) is 66.3 Å². The first-order chi connectivity index (χ1) is 10.5. The number of H-pyrrole nitrogens is 1. The number of amides is 1. The molecule has 3 rings (SSSR count). The van der Waals surface area contributed by atoms with E-state index in [0.717, 1.165) is 35.9 Å². The summed E-state index contributed by atoms with van der Waals surface area (Å²) >= 11 is 6.93. The van der Waals surface area contributed by atoms with Crippen molar-refractivity contribution >= 4 is 29.0 Å². The van der Waals surface area contributed by atoms with Gasteiger partial charge in [-0.2, -0.15) is 0 Å². The Balaban J connectivity index is 1.94. The fourth-order valence-corrected chi connectivity index (χ4v) is 3.83. The molecule has 0 spiro atoms. The Labute approximate surface area is 137 Å². The van der Waals surface area contributed by atoms with Gasteiger partial charge in [0.15, 0.2) is 0 Å². The van der Waals surface area contributed by atoms with E-state index in [0.29, 0.717) is 12.5 Å². The van der Waals surface area contributed by atoms with E-state index < -0.39 is 5.56 Å². The summed E-state index contributed by atoms with van der Waals surface area (Å²) in [6.07, 6.45) is 1.77. The van der Waals surface area contributed by atoms with Crippen LogP contribution in [0.25, 0.3) is 0 Å². The SMILES string of the molecule is Cc1ccc(C2CC(C)CCN2C(=O)c2s[nH]c(=O)c2Cl)o1. The minimum atomic E-state index is -0.411. The first kappa shape index (κ1) is 15.4. The van der Waals surface area contributed by atoms with Crippen LogP contribution in [-0.2, 0) is 0 Å². The third-order valence-corrected chi connectivity index (χ3v) is 5.40. The van der Waals surface area contributed by atoms with Crippen LogP contribution in [0.4, 0.5) is 0 Å². The highest BCUT2D eigenvalue weighted by atomic mass is 35.5. The molecule has 1 aliphatic rings. The first-order valence-corrected chi connectivity index (χ1v) is 8.41. The maximum Gasteiger partial charge on any atom is 0.277 e. The maximum absolute atomic E-state index is 12.8. The number of piperidine rings is 1. The average molecular weight is 341 g/mol. The maximum atomic E-state index is 12.8. The molecule has 1 N–H and O–H groups in total. The Morgan fingerprint density at radius 2 is 2.27 bits per heavy atom. The lowest BCUT2D eigenvalue weighted by molar-refractivity contribution is 0.0524. The molecule has 7 heteroatoms. The standard InChI is InChI=1S/C15H17ClN2O3S/c1-8-5-6-18(10(7-8)11-4-3-9(2)21-11)15(20)13-12(16)14(19)17-22-13/h3-4,8,10H,5-7H2,1-2H3,(H,17,19). The van der Waals surface area contributed by atoms with Crippen molar-refractivity contribution in [2.75, 3.05) is 6.54 Å². The third-order valence-electron chi connectivity index (χ3n) is 4.05. The molecule has 3 heterocycles. The van der Waals surface area contributed by atoms with Gasteiger partial charge in [0.05, 0.1) is 6.04 Å². The number of hydrogen-bond donors (Lipinski definition) is 1. The summed E-state index contributed by atoms with van der Waals surface area (Å²) in [5, 5.41) is -0.0250. The number of rotatable bonds is 2. The van der Waals surface area contributed by atoms with E-state index in [1.165, 1.54) is 0 Å². The Bertz CT molecular complexity index is 748. The lowest BCUT2D eigenvalue weighted by Crippen LogP contribution is -2.40. The van der Waals surface area contributed by atoms with Crippen molar-refractivity contribution in [3.63, 3.8) is 0 Å². The molecular weight excluding hydrogens is 324 g/mol. The summed E-state index contributed by atoms with van der Waals surface area (Å²) < 4.78 is 8.24. The average Bonchev–Trinajstić information content (AvgIpc) is 3.06. The highest BCUT2D eigenvalue weighted by Crippen LogP contribution is 2.36. The zero-order valence-corrected chi connectivity index (χ0v) is 14.0. The van der Waals surface area contributed by atoms with Gasteiger partial charge in [-0.05, 0) is 37.8 Å². The summed E-state index contributed by atoms with van der Waals surface area (Å²) in [6, 6.07) is 3.71. The van der Waals surface area contributed by atoms with Gasteiger partial charge in [0, 0.05) is 6.54 Å². The van der Waals surface area contributed by atoms with Crippen molar-refractivity contribution < 1.29 is 9.21 Å². The van der Waals surface area contributed by atoms with Crippen LogP contribution in [0, 0.1) is 12.8 Å². The van der Waals surface area contributed by atoms with Gasteiger partial charge in [-0.1, -0.05) is 30.1 Å². The van der Waals surface area contributed by atoms with Crippen molar-refractivity contribution in [3.05, 3.63) is 43.9 Å². The van der Waals surface area contributed by atoms with E-state index in [9.17, 15) is 9.59 Å². The molecule has 1 amide bonds. The molecule has 22 heavy (non-hydrogen) atoms. The van der Waals surface area contributed by atoms with Gasteiger partial charge >= 0.3 is 0 Å². The van der Waals surface area contributed by atoms with Crippen LogP contribution in [0.1, 0.15) is 47.0 Å². The molecule has 2 aromatic rings. The van der Waals surface area contributed by atoms with Gasteiger partial charge in [-0.25, -0.2) is 0 Å². The second-order valence-corrected chi connectivity index (χ2v) is 6.96. The summed E-state index contributed by atoms with van der Waals surface area (Å²) in [4.78, 5) is 26.3. The lowest BCUT2D eigenvalue weighted by atomic mass is 9.91. The smallest absolute Gasteiger partial charge is 0.277 e. The predicted octanol–water partition coefficient (Wildman–Crippen LogP) is 3.60. The molecule has 2 atom stereocenters. The zero-order valence-electron chi connectivity index (χ0n) is 12.4. The van der Waals surface area contributed by atoms with Crippen LogP contribution in [-0.4, -0.2) is 21.7 Å². The van der Waals surface area contributed by atoms with Crippen molar-refractivity contribution in [1.82, 2.24) is 9.27 Å². The molecule has 1 saturated heterocycles. The number of aromatic nitrogens is 1. The number of carbonyl (C=O) groups excluding carboxylic acids is 1. The van der Waals surface area contributed by atoms with Crippen LogP contribution in [0.2, 0.25) is 5.02 Å². The number of halogens is 1. The van der Waals surface area contributed by atoms with Gasteiger partial charge < -0.3 is 9.32 Å². The van der Waals surface area contributed by atoms with Crippen molar-refractivity contribution in [2.24, 2.45) is 5.92 Å². The Morgan fingerprint density at radius 1 is 1.50 bits per heavy atom. The number of hydrogen-bond acceptors (Lipinski definition) is 4. The normalized spacial score (nSPS) is 22.0. The van der Waals surface area contributed by atoms with Crippen molar-refractivity contribution in [1.29, 1.82) is 0 Å². The van der Waals surface area contributed by atoms with Crippen LogP contribution in [0.15, 0.2) is 21.3 Å². The molecule has 1 fully saturated rings. The second-order valence-electron chi connectivity index (χ2n) is 5.77. The minimum absolute atomic E-state index is 0.0250. The molecule has 1 aliphatic heterocycles. The summed E-state index contributed by atoms with van der Waals surface area (Å²) in [5.41, 5.74) is -0.411. The number of likely N-dealkylation sites (tertiary alicyclic amines) is 1. The third kappa shape index (κ3) is 2.73. The van der Waals surface area contributed by atoms with Crippen LogP contribution in [0.3, 0.4) is 0 Å². The molecule has 0 bridgehead atoms. The van der Waals surface area contributed by atoms with Crippen LogP contribution < -0.4 is 5.56 Å². The predicted molar refractivity (Wildman–Crippen MR) is 85.6 cm³/mol. The molecule has 5 nitrogen and oxygen atoms in total. The number of carbonyl (C=O) groups is 1. The summed E-state index contributed by atoms with van der Waals surface area (Å²) in [6.45, 7) is 4.69. The number of nitrogens with one attached hydrogen (secondary N) is 1. The largest absolute Gasteiger partial charge is 0.464 e. The molecule has 2 aromatic heterocycles. The molecule has 0 aliphatic carbocycles. The van der Waals surface area contributed by atoms with Crippen molar-refractivity contribution in [3.8, 4) is 0 Å². The fourth-order valence-electron chi connectivity index (χ4n) is 2.84. The Hall–Kier alpha value is -1.53. The number of furan rings is 1. The monoisotopic (exact) mass is 340 g/mol. The molecule has 2 unspecified atom stereocenters. The highest BCUT2D eigenvalue weighted by molar-refractivity contribution is 7.08. The summed E-state index contributed by atoms with van der Waals surface area (Å²) in [7, 11) is 0. The molecule has 0 aromatic carbocycles. The van der Waals surface area contributed by atoms with E-state index in [2.05, 4.69) is 11.3 Å². The van der Waals surface area contributed by atoms with Gasteiger partial charge in [0.1, 0.15) is 21.4 Å². The van der Waals surface area contributed by atoms with Gasteiger partial charge in [-0.3, -0.25) is 14.0 Å². The van der Waals surface area contributed by atoms with Crippen LogP contribution in [0.5, 0.6) is 0 Å². The minimum Gasteiger partial charge on any atom is -0.464 e. The molecule has 0 radical (unpaired) electrons.